The molecule has 2 aromatic rings. The smallest absolute Gasteiger partial charge is 0.344 e. The molecule has 0 unspecified atom stereocenters. The fourth-order valence-electron chi connectivity index (χ4n) is 1.72. The highest BCUT2D eigenvalue weighted by Crippen LogP contribution is 2.09. The summed E-state index contributed by atoms with van der Waals surface area (Å²) in [7, 11) is 0. The number of hydrogen-bond donors (Lipinski definition) is 0. The third-order valence-electron chi connectivity index (χ3n) is 2.50. The number of aryl methyl sites for hydroxylation is 1. The second-order valence-corrected chi connectivity index (χ2v) is 3.56. The largest absolute Gasteiger partial charge is 1.00 e. The molecule has 0 fully saturated rings. The maximum Gasteiger partial charge on any atom is 0.344 e. The van der Waals surface area contributed by atoms with Crippen LogP contribution in [0.3, 0.4) is 0 Å². The highest BCUT2D eigenvalue weighted by Gasteiger charge is 2.17. The van der Waals surface area contributed by atoms with E-state index in [0.717, 1.165) is 11.2 Å². The van der Waals surface area contributed by atoms with E-state index in [4.69, 9.17) is 4.74 Å². The molecule has 0 atom stereocenters. The van der Waals surface area contributed by atoms with Gasteiger partial charge in [0.1, 0.15) is 5.56 Å². The average Bonchev–Trinajstić information content (AvgIpc) is 2.30. The minimum atomic E-state index is -0.272. The van der Waals surface area contributed by atoms with Gasteiger partial charge in [0.25, 0.3) is 0 Å². The van der Waals surface area contributed by atoms with Crippen molar-refractivity contribution < 1.29 is 30.9 Å². The number of fused-ring (bicyclic) bond motifs is 1. The van der Waals surface area contributed by atoms with Crippen LogP contribution >= 0.6 is 0 Å². The Morgan fingerprint density at radius 1 is 1.29 bits per heavy atom. The first-order valence-electron chi connectivity index (χ1n) is 5.31. The van der Waals surface area contributed by atoms with Crippen molar-refractivity contribution in [3.05, 3.63) is 47.8 Å². The fraction of sp³-hybridized carbons (Fsp3) is 0.231. The quantitative estimate of drug-likeness (QED) is 0.521. The molecule has 2 rings (SSSR count). The first kappa shape index (κ1) is 13.6. The minimum Gasteiger partial charge on any atom is -1.00 e. The van der Waals surface area contributed by atoms with E-state index >= 15 is 0 Å². The van der Waals surface area contributed by atoms with E-state index in [-0.39, 0.29) is 23.0 Å². The third kappa shape index (κ3) is 2.64. The lowest BCUT2D eigenvalue weighted by molar-refractivity contribution is -0.519. The normalized spacial score (nSPS) is 9.76. The number of hydrogen-bond acceptors (Lipinski definition) is 2. The van der Waals surface area contributed by atoms with Crippen molar-refractivity contribution in [3.8, 4) is 0 Å². The highest BCUT2D eigenvalue weighted by atomic mass is 79.9. The van der Waals surface area contributed by atoms with Crippen LogP contribution in [0.2, 0.25) is 0 Å². The number of carbonyl (C=O) groups excluding carboxylic acids is 1. The molecule has 0 aliphatic carbocycles. The van der Waals surface area contributed by atoms with Crippen molar-refractivity contribution in [1.29, 1.82) is 0 Å². The Hall–Kier alpha value is -1.42. The molecule has 90 valence electrons. The first-order chi connectivity index (χ1) is 7.74. The van der Waals surface area contributed by atoms with Crippen molar-refractivity contribution in [3.63, 3.8) is 0 Å². The highest BCUT2D eigenvalue weighted by molar-refractivity contribution is 5.95. The number of nitrogens with zero attached hydrogens (tertiary/aromatic N) is 1. The molecule has 0 spiro atoms. The van der Waals surface area contributed by atoms with E-state index in [9.17, 15) is 4.79 Å². The van der Waals surface area contributed by atoms with Crippen LogP contribution in [0, 0.1) is 6.92 Å². The van der Waals surface area contributed by atoms with Crippen molar-refractivity contribution >= 4 is 11.5 Å². The second-order valence-electron chi connectivity index (χ2n) is 3.56. The molecule has 0 N–H and O–H groups in total. The summed E-state index contributed by atoms with van der Waals surface area (Å²) in [5, 5.41) is 0. The zero-order valence-electron chi connectivity index (χ0n) is 9.81. The average molecular weight is 296 g/mol. The van der Waals surface area contributed by atoms with E-state index < -0.39 is 0 Å². The van der Waals surface area contributed by atoms with Gasteiger partial charge in [-0.3, -0.25) is 0 Å². The maximum atomic E-state index is 11.7. The number of rotatable bonds is 2. The molecule has 0 aliphatic rings. The summed E-state index contributed by atoms with van der Waals surface area (Å²) >= 11 is 0. The zero-order chi connectivity index (χ0) is 11.5. The SMILES string of the molecule is CCOC(=O)c1ccc(C)[n+]2ccccc12.[Br-]. The molecule has 0 aliphatic heterocycles. The minimum absolute atomic E-state index is 0. The molecule has 0 aromatic carbocycles. The Morgan fingerprint density at radius 3 is 2.76 bits per heavy atom. The maximum absolute atomic E-state index is 11.7. The molecule has 2 heterocycles. The molecule has 17 heavy (non-hydrogen) atoms. The number of esters is 1. The van der Waals surface area contributed by atoms with E-state index in [0.29, 0.717) is 12.2 Å². The van der Waals surface area contributed by atoms with E-state index in [2.05, 4.69) is 0 Å². The summed E-state index contributed by atoms with van der Waals surface area (Å²) in [6.45, 7) is 4.20. The number of carbonyl (C=O) groups is 1. The van der Waals surface area contributed by atoms with Gasteiger partial charge in [0.2, 0.25) is 5.52 Å². The molecular formula is C13H14BrNO2. The van der Waals surface area contributed by atoms with E-state index in [1.54, 1.807) is 6.92 Å². The van der Waals surface area contributed by atoms with Crippen molar-refractivity contribution in [1.82, 2.24) is 0 Å². The molecule has 0 amide bonds. The van der Waals surface area contributed by atoms with E-state index in [1.165, 1.54) is 0 Å². The van der Waals surface area contributed by atoms with Gasteiger partial charge in [-0.15, -0.1) is 0 Å². The molecule has 0 saturated carbocycles. The van der Waals surface area contributed by atoms with Gasteiger partial charge in [0.05, 0.1) is 6.61 Å². The summed E-state index contributed by atoms with van der Waals surface area (Å²) in [6.07, 6.45) is 1.94. The lowest BCUT2D eigenvalue weighted by Gasteiger charge is -2.02. The lowest BCUT2D eigenvalue weighted by atomic mass is 10.2. The monoisotopic (exact) mass is 295 g/mol. The predicted octanol–water partition coefficient (Wildman–Crippen LogP) is -1.09. The fourth-order valence-corrected chi connectivity index (χ4v) is 1.72. The Kier molecular flexibility index (Phi) is 4.63. The van der Waals surface area contributed by atoms with Crippen molar-refractivity contribution in [2.24, 2.45) is 0 Å². The number of pyridine rings is 2. The van der Waals surface area contributed by atoms with Crippen LogP contribution in [-0.4, -0.2) is 12.6 Å². The number of ether oxygens (including phenoxy) is 1. The molecule has 0 radical (unpaired) electrons. The number of aromatic nitrogens is 1. The molecule has 4 heteroatoms. The first-order valence-corrected chi connectivity index (χ1v) is 5.31. The zero-order valence-corrected chi connectivity index (χ0v) is 11.4. The van der Waals surface area contributed by atoms with Gasteiger partial charge in [0, 0.05) is 25.1 Å². The Labute approximate surface area is 111 Å². The topological polar surface area (TPSA) is 30.4 Å². The third-order valence-corrected chi connectivity index (χ3v) is 2.50. The van der Waals surface area contributed by atoms with Crippen molar-refractivity contribution in [2.45, 2.75) is 13.8 Å². The molecule has 2 aromatic heterocycles. The summed E-state index contributed by atoms with van der Waals surface area (Å²) in [4.78, 5) is 11.7. The molecule has 3 nitrogen and oxygen atoms in total. The predicted molar refractivity (Wildman–Crippen MR) is 60.3 cm³/mol. The van der Waals surface area contributed by atoms with Crippen LogP contribution in [0.4, 0.5) is 0 Å². The van der Waals surface area contributed by atoms with Crippen LogP contribution in [0.25, 0.3) is 5.52 Å². The second kappa shape index (κ2) is 5.77. The summed E-state index contributed by atoms with van der Waals surface area (Å²) in [5.74, 6) is -0.272. The number of halogens is 1. The lowest BCUT2D eigenvalue weighted by Crippen LogP contribution is -3.00. The molecule has 0 saturated heterocycles. The van der Waals surface area contributed by atoms with Gasteiger partial charge in [-0.2, -0.15) is 4.40 Å². The van der Waals surface area contributed by atoms with Crippen LogP contribution in [-0.2, 0) is 4.74 Å². The summed E-state index contributed by atoms with van der Waals surface area (Å²) in [5.41, 5.74) is 2.57. The van der Waals surface area contributed by atoms with Crippen LogP contribution in [0.1, 0.15) is 23.0 Å². The Balaban J connectivity index is 0.00000144. The van der Waals surface area contributed by atoms with Gasteiger partial charge < -0.3 is 21.7 Å². The van der Waals surface area contributed by atoms with Gasteiger partial charge in [0.15, 0.2) is 11.9 Å². The van der Waals surface area contributed by atoms with Crippen LogP contribution < -0.4 is 21.4 Å². The van der Waals surface area contributed by atoms with Gasteiger partial charge in [-0.1, -0.05) is 0 Å². The Bertz CT molecular complexity index is 540. The molecule has 0 bridgehead atoms. The molecular weight excluding hydrogens is 282 g/mol. The van der Waals surface area contributed by atoms with Crippen molar-refractivity contribution in [2.75, 3.05) is 6.61 Å². The van der Waals surface area contributed by atoms with E-state index in [1.807, 2.05) is 47.9 Å². The van der Waals surface area contributed by atoms with Crippen LogP contribution in [0.5, 0.6) is 0 Å². The summed E-state index contributed by atoms with van der Waals surface area (Å²) < 4.78 is 7.00. The summed E-state index contributed by atoms with van der Waals surface area (Å²) in [6, 6.07) is 9.49. The van der Waals surface area contributed by atoms with Gasteiger partial charge in [-0.05, 0) is 19.1 Å². The Morgan fingerprint density at radius 2 is 2.06 bits per heavy atom. The van der Waals surface area contributed by atoms with Gasteiger partial charge in [-0.25, -0.2) is 4.79 Å². The van der Waals surface area contributed by atoms with Crippen LogP contribution in [0.15, 0.2) is 36.5 Å². The van der Waals surface area contributed by atoms with Gasteiger partial charge >= 0.3 is 5.97 Å². The standard InChI is InChI=1S/C13H14NO2.BrH/c1-3-16-13(15)11-8-7-10(2)14-9-5-4-6-12(11)14;/h4-9H,3H2,1-2H3;1H/q+1;/p-1.